The SMILES string of the molecule is O=C(C1[C@H]2CNC[C@@H]12)N1CCC(c2cccc(F)c2F)CC1. The van der Waals surface area contributed by atoms with Crippen molar-refractivity contribution >= 4 is 5.91 Å². The summed E-state index contributed by atoms with van der Waals surface area (Å²) in [4.78, 5) is 14.4. The quantitative estimate of drug-likeness (QED) is 0.908. The Hall–Kier alpha value is -1.49. The Bertz CT molecular complexity index is 588. The van der Waals surface area contributed by atoms with Gasteiger partial charge in [-0.3, -0.25) is 4.79 Å². The summed E-state index contributed by atoms with van der Waals surface area (Å²) in [5.74, 6) is 0.0552. The van der Waals surface area contributed by atoms with E-state index in [1.807, 2.05) is 4.90 Å². The zero-order chi connectivity index (χ0) is 15.3. The third-order valence-electron chi connectivity index (χ3n) is 5.60. The maximum atomic E-state index is 13.9. The second-order valence-electron chi connectivity index (χ2n) is 6.75. The summed E-state index contributed by atoms with van der Waals surface area (Å²) in [6, 6.07) is 4.37. The first-order valence-electron chi connectivity index (χ1n) is 8.10. The van der Waals surface area contributed by atoms with Gasteiger partial charge in [0, 0.05) is 19.0 Å². The molecule has 0 spiro atoms. The van der Waals surface area contributed by atoms with Crippen molar-refractivity contribution in [2.24, 2.45) is 17.8 Å². The number of amides is 1. The molecule has 4 rings (SSSR count). The number of nitrogens with one attached hydrogen (secondary N) is 1. The van der Waals surface area contributed by atoms with Crippen molar-refractivity contribution < 1.29 is 13.6 Å². The number of hydrogen-bond acceptors (Lipinski definition) is 2. The number of halogens is 2. The maximum Gasteiger partial charge on any atom is 0.226 e. The molecule has 1 aliphatic carbocycles. The maximum absolute atomic E-state index is 13.9. The molecule has 0 radical (unpaired) electrons. The second kappa shape index (κ2) is 5.30. The Balaban J connectivity index is 1.38. The van der Waals surface area contributed by atoms with E-state index >= 15 is 0 Å². The molecule has 2 saturated heterocycles. The molecule has 3 fully saturated rings. The third-order valence-corrected chi connectivity index (χ3v) is 5.60. The lowest BCUT2D eigenvalue weighted by atomic mass is 9.88. The van der Waals surface area contributed by atoms with Crippen LogP contribution in [0.2, 0.25) is 0 Å². The normalized spacial score (nSPS) is 31.2. The summed E-state index contributed by atoms with van der Waals surface area (Å²) in [6.07, 6.45) is 1.43. The van der Waals surface area contributed by atoms with Crippen LogP contribution in [-0.4, -0.2) is 37.0 Å². The van der Waals surface area contributed by atoms with Crippen LogP contribution in [0.4, 0.5) is 8.78 Å². The highest BCUT2D eigenvalue weighted by molar-refractivity contribution is 5.82. The van der Waals surface area contributed by atoms with E-state index in [-0.39, 0.29) is 17.7 Å². The molecule has 3 nitrogen and oxygen atoms in total. The van der Waals surface area contributed by atoms with Gasteiger partial charge in [-0.05, 0) is 55.3 Å². The third kappa shape index (κ3) is 2.22. The molecule has 0 bridgehead atoms. The Morgan fingerprint density at radius 3 is 2.50 bits per heavy atom. The van der Waals surface area contributed by atoms with Crippen LogP contribution in [0, 0.1) is 29.4 Å². The number of hydrogen-bond donors (Lipinski definition) is 1. The van der Waals surface area contributed by atoms with Crippen molar-refractivity contribution in [1.82, 2.24) is 10.2 Å². The smallest absolute Gasteiger partial charge is 0.226 e. The number of piperidine rings is 2. The average molecular weight is 306 g/mol. The molecule has 3 atom stereocenters. The van der Waals surface area contributed by atoms with E-state index in [4.69, 9.17) is 0 Å². The van der Waals surface area contributed by atoms with Gasteiger partial charge in [0.1, 0.15) is 0 Å². The zero-order valence-electron chi connectivity index (χ0n) is 12.4. The van der Waals surface area contributed by atoms with Crippen molar-refractivity contribution in [3.05, 3.63) is 35.4 Å². The summed E-state index contributed by atoms with van der Waals surface area (Å²) in [7, 11) is 0. The highest BCUT2D eigenvalue weighted by Gasteiger charge is 2.57. The molecule has 1 aromatic carbocycles. The highest BCUT2D eigenvalue weighted by Crippen LogP contribution is 2.50. The minimum Gasteiger partial charge on any atom is -0.342 e. The lowest BCUT2D eigenvalue weighted by Gasteiger charge is -2.33. The summed E-state index contributed by atoms with van der Waals surface area (Å²) in [6.45, 7) is 3.24. The van der Waals surface area contributed by atoms with E-state index in [0.717, 1.165) is 19.2 Å². The topological polar surface area (TPSA) is 32.3 Å². The lowest BCUT2D eigenvalue weighted by Crippen LogP contribution is -2.40. The molecule has 0 aromatic heterocycles. The van der Waals surface area contributed by atoms with E-state index in [9.17, 15) is 13.6 Å². The van der Waals surface area contributed by atoms with Gasteiger partial charge in [0.25, 0.3) is 0 Å². The van der Waals surface area contributed by atoms with Crippen molar-refractivity contribution in [2.75, 3.05) is 26.2 Å². The molecule has 1 amide bonds. The van der Waals surface area contributed by atoms with Crippen molar-refractivity contribution in [2.45, 2.75) is 18.8 Å². The van der Waals surface area contributed by atoms with Gasteiger partial charge in [0.15, 0.2) is 11.6 Å². The molecular weight excluding hydrogens is 286 g/mol. The summed E-state index contributed by atoms with van der Waals surface area (Å²) >= 11 is 0. The minimum atomic E-state index is -0.783. The Labute approximate surface area is 128 Å². The number of likely N-dealkylation sites (tertiary alicyclic amines) is 1. The molecule has 2 aliphatic heterocycles. The lowest BCUT2D eigenvalue weighted by molar-refractivity contribution is -0.134. The molecule has 1 unspecified atom stereocenters. The van der Waals surface area contributed by atoms with E-state index in [1.54, 1.807) is 12.1 Å². The molecule has 1 saturated carbocycles. The fourth-order valence-electron chi connectivity index (χ4n) is 4.24. The Morgan fingerprint density at radius 1 is 1.14 bits per heavy atom. The van der Waals surface area contributed by atoms with Gasteiger partial charge in [0.05, 0.1) is 0 Å². The molecular formula is C17H20F2N2O. The van der Waals surface area contributed by atoms with Gasteiger partial charge in [-0.2, -0.15) is 0 Å². The van der Waals surface area contributed by atoms with Crippen LogP contribution in [0.15, 0.2) is 18.2 Å². The Kier molecular flexibility index (Phi) is 3.40. The average Bonchev–Trinajstić information content (AvgIpc) is 3.01. The fraction of sp³-hybridized carbons (Fsp3) is 0.588. The molecule has 2 heterocycles. The van der Waals surface area contributed by atoms with Gasteiger partial charge < -0.3 is 10.2 Å². The molecule has 5 heteroatoms. The van der Waals surface area contributed by atoms with Crippen LogP contribution < -0.4 is 5.32 Å². The van der Waals surface area contributed by atoms with Crippen LogP contribution >= 0.6 is 0 Å². The first-order chi connectivity index (χ1) is 10.7. The fourth-order valence-corrected chi connectivity index (χ4v) is 4.24. The van der Waals surface area contributed by atoms with Gasteiger partial charge >= 0.3 is 0 Å². The molecule has 22 heavy (non-hydrogen) atoms. The molecule has 1 N–H and O–H groups in total. The van der Waals surface area contributed by atoms with E-state index in [1.165, 1.54) is 0 Å². The number of carbonyl (C=O) groups is 1. The van der Waals surface area contributed by atoms with Gasteiger partial charge in [-0.25, -0.2) is 8.78 Å². The van der Waals surface area contributed by atoms with Crippen LogP contribution in [-0.2, 0) is 4.79 Å². The van der Waals surface area contributed by atoms with Crippen molar-refractivity contribution in [3.63, 3.8) is 0 Å². The molecule has 118 valence electrons. The summed E-state index contributed by atoms with van der Waals surface area (Å²) in [5.41, 5.74) is 0.458. The number of benzene rings is 1. The van der Waals surface area contributed by atoms with Crippen LogP contribution in [0.1, 0.15) is 24.3 Å². The minimum absolute atomic E-state index is 0.0140. The zero-order valence-corrected chi connectivity index (χ0v) is 12.4. The van der Waals surface area contributed by atoms with E-state index < -0.39 is 11.6 Å². The standard InChI is InChI=1S/C17H20F2N2O/c18-14-3-1-2-11(16(14)19)10-4-6-21(7-5-10)17(22)15-12-8-20-9-13(12)15/h1-3,10,12-13,15,20H,4-9H2/t12-,13+,15?. The highest BCUT2D eigenvalue weighted by atomic mass is 19.2. The number of rotatable bonds is 2. The van der Waals surface area contributed by atoms with Gasteiger partial charge in [0.2, 0.25) is 5.91 Å². The van der Waals surface area contributed by atoms with Crippen molar-refractivity contribution in [1.29, 1.82) is 0 Å². The van der Waals surface area contributed by atoms with Crippen LogP contribution in [0.3, 0.4) is 0 Å². The van der Waals surface area contributed by atoms with Gasteiger partial charge in [-0.15, -0.1) is 0 Å². The van der Waals surface area contributed by atoms with Crippen LogP contribution in [0.5, 0.6) is 0 Å². The predicted molar refractivity (Wildman–Crippen MR) is 78.3 cm³/mol. The molecule has 1 aromatic rings. The summed E-state index contributed by atoms with van der Waals surface area (Å²) < 4.78 is 27.2. The first kappa shape index (κ1) is 14.1. The largest absolute Gasteiger partial charge is 0.342 e. The van der Waals surface area contributed by atoms with Gasteiger partial charge in [-0.1, -0.05) is 12.1 Å². The number of nitrogens with zero attached hydrogens (tertiary/aromatic N) is 1. The van der Waals surface area contributed by atoms with E-state index in [0.29, 0.717) is 43.3 Å². The van der Waals surface area contributed by atoms with Crippen LogP contribution in [0.25, 0.3) is 0 Å². The predicted octanol–water partition coefficient (Wildman–Crippen LogP) is 2.14. The molecule has 3 aliphatic rings. The number of carbonyl (C=O) groups excluding carboxylic acids is 1. The summed E-state index contributed by atoms with van der Waals surface area (Å²) in [5, 5.41) is 3.30. The monoisotopic (exact) mass is 306 g/mol. The van der Waals surface area contributed by atoms with E-state index in [2.05, 4.69) is 5.32 Å². The van der Waals surface area contributed by atoms with Crippen molar-refractivity contribution in [3.8, 4) is 0 Å². The first-order valence-corrected chi connectivity index (χ1v) is 8.10. The Morgan fingerprint density at radius 2 is 1.82 bits per heavy atom. The second-order valence-corrected chi connectivity index (χ2v) is 6.75. The number of fused-ring (bicyclic) bond motifs is 1.